The van der Waals surface area contributed by atoms with Crippen LogP contribution in [0, 0.1) is 0 Å². The first kappa shape index (κ1) is 26.1. The first-order chi connectivity index (χ1) is 13.9. The number of carbonyl (C=O) groups excluding carboxylic acids is 2. The number of benzene rings is 1. The van der Waals surface area contributed by atoms with Crippen molar-refractivity contribution in [3.05, 3.63) is 27.2 Å². The van der Waals surface area contributed by atoms with Gasteiger partial charge >= 0.3 is 11.9 Å². The molecular weight excluding hydrogens is 435 g/mol. The lowest BCUT2D eigenvalue weighted by atomic mass is 10.1. The van der Waals surface area contributed by atoms with Crippen molar-refractivity contribution < 1.29 is 19.1 Å². The van der Waals surface area contributed by atoms with Gasteiger partial charge in [0, 0.05) is 23.9 Å². The third-order valence-electron chi connectivity index (χ3n) is 4.46. The second-order valence-corrected chi connectivity index (χ2v) is 8.30. The standard InChI is InChI=1S/C22H31Cl3O4/c1-2-3-4-11-14-28-20(26)12-9-7-5-6-8-10-13-21(27)29-19-16-17(23)15-18(24)22(19)25/h15-16H,2-14H2,1H3. The van der Waals surface area contributed by atoms with Crippen LogP contribution in [-0.4, -0.2) is 18.5 Å². The lowest BCUT2D eigenvalue weighted by Gasteiger charge is -2.08. The summed E-state index contributed by atoms with van der Waals surface area (Å²) in [6, 6.07) is 2.97. The molecule has 164 valence electrons. The van der Waals surface area contributed by atoms with Crippen molar-refractivity contribution in [3.63, 3.8) is 0 Å². The van der Waals surface area contributed by atoms with E-state index < -0.39 is 0 Å². The van der Waals surface area contributed by atoms with Crippen molar-refractivity contribution in [2.45, 2.75) is 84.0 Å². The monoisotopic (exact) mass is 464 g/mol. The average molecular weight is 466 g/mol. The van der Waals surface area contributed by atoms with Gasteiger partial charge in [0.2, 0.25) is 0 Å². The predicted octanol–water partition coefficient (Wildman–Crippen LogP) is 7.80. The Balaban J connectivity index is 2.02. The van der Waals surface area contributed by atoms with Crippen LogP contribution in [0.3, 0.4) is 0 Å². The largest absolute Gasteiger partial charge is 0.466 e. The minimum absolute atomic E-state index is 0.0935. The summed E-state index contributed by atoms with van der Waals surface area (Å²) in [5.41, 5.74) is 0. The van der Waals surface area contributed by atoms with Crippen LogP contribution in [0.2, 0.25) is 15.1 Å². The molecule has 0 atom stereocenters. The number of rotatable bonds is 15. The molecule has 1 aromatic rings. The molecule has 0 spiro atoms. The lowest BCUT2D eigenvalue weighted by molar-refractivity contribution is -0.144. The van der Waals surface area contributed by atoms with E-state index in [-0.39, 0.29) is 27.7 Å². The van der Waals surface area contributed by atoms with E-state index in [1.54, 1.807) is 0 Å². The Labute approximate surface area is 189 Å². The summed E-state index contributed by atoms with van der Waals surface area (Å²) < 4.78 is 10.5. The van der Waals surface area contributed by atoms with E-state index in [1.165, 1.54) is 25.0 Å². The number of hydrogen-bond donors (Lipinski definition) is 0. The van der Waals surface area contributed by atoms with E-state index in [2.05, 4.69) is 6.92 Å². The highest BCUT2D eigenvalue weighted by atomic mass is 35.5. The molecule has 29 heavy (non-hydrogen) atoms. The van der Waals surface area contributed by atoms with Crippen LogP contribution < -0.4 is 4.74 Å². The zero-order valence-corrected chi connectivity index (χ0v) is 19.4. The normalized spacial score (nSPS) is 10.8. The Bertz CT molecular complexity index is 635. The van der Waals surface area contributed by atoms with Crippen LogP contribution >= 0.6 is 34.8 Å². The predicted molar refractivity (Wildman–Crippen MR) is 119 cm³/mol. The lowest BCUT2D eigenvalue weighted by Crippen LogP contribution is -2.08. The van der Waals surface area contributed by atoms with Gasteiger partial charge in [-0.1, -0.05) is 86.7 Å². The van der Waals surface area contributed by atoms with E-state index in [1.807, 2.05) is 0 Å². The SMILES string of the molecule is CCCCCCOC(=O)CCCCCCCCC(=O)Oc1cc(Cl)cc(Cl)c1Cl. The second-order valence-electron chi connectivity index (χ2n) is 7.08. The molecule has 1 rings (SSSR count). The van der Waals surface area contributed by atoms with E-state index in [4.69, 9.17) is 44.3 Å². The molecule has 0 fully saturated rings. The van der Waals surface area contributed by atoms with Crippen molar-refractivity contribution in [2.24, 2.45) is 0 Å². The van der Waals surface area contributed by atoms with Gasteiger partial charge in [0.15, 0.2) is 5.75 Å². The van der Waals surface area contributed by atoms with Gasteiger partial charge in [-0.2, -0.15) is 0 Å². The molecule has 0 amide bonds. The van der Waals surface area contributed by atoms with E-state index in [9.17, 15) is 9.59 Å². The van der Waals surface area contributed by atoms with Gasteiger partial charge in [-0.25, -0.2) is 0 Å². The molecule has 0 aliphatic heterocycles. The molecule has 0 N–H and O–H groups in total. The Morgan fingerprint density at radius 2 is 1.38 bits per heavy atom. The summed E-state index contributed by atoms with van der Waals surface area (Å²) in [7, 11) is 0. The number of esters is 2. The fourth-order valence-corrected chi connectivity index (χ4v) is 3.44. The Morgan fingerprint density at radius 1 is 0.793 bits per heavy atom. The first-order valence-corrected chi connectivity index (χ1v) is 11.6. The molecule has 0 aromatic heterocycles. The van der Waals surface area contributed by atoms with Gasteiger partial charge in [-0.3, -0.25) is 9.59 Å². The fraction of sp³-hybridized carbons (Fsp3) is 0.636. The van der Waals surface area contributed by atoms with Crippen molar-refractivity contribution in [2.75, 3.05) is 6.61 Å². The van der Waals surface area contributed by atoms with Crippen LogP contribution in [0.4, 0.5) is 0 Å². The van der Waals surface area contributed by atoms with Crippen molar-refractivity contribution in [3.8, 4) is 5.75 Å². The molecule has 0 aliphatic carbocycles. The number of halogens is 3. The molecule has 0 radical (unpaired) electrons. The Morgan fingerprint density at radius 3 is 2.03 bits per heavy atom. The quantitative estimate of drug-likeness (QED) is 0.115. The molecule has 0 heterocycles. The van der Waals surface area contributed by atoms with Crippen LogP contribution in [0.1, 0.15) is 84.0 Å². The van der Waals surface area contributed by atoms with Crippen molar-refractivity contribution in [1.82, 2.24) is 0 Å². The molecule has 0 aliphatic rings. The summed E-state index contributed by atoms with van der Waals surface area (Å²) >= 11 is 17.8. The van der Waals surface area contributed by atoms with E-state index in [0.717, 1.165) is 51.4 Å². The highest BCUT2D eigenvalue weighted by molar-refractivity contribution is 6.44. The second kappa shape index (κ2) is 15.8. The van der Waals surface area contributed by atoms with Gasteiger partial charge in [-0.05, 0) is 25.3 Å². The summed E-state index contributed by atoms with van der Waals surface area (Å²) in [6.07, 6.45) is 10.8. The maximum Gasteiger partial charge on any atom is 0.311 e. The highest BCUT2D eigenvalue weighted by Gasteiger charge is 2.12. The molecule has 0 unspecified atom stereocenters. The maximum atomic E-state index is 11.9. The first-order valence-electron chi connectivity index (χ1n) is 10.4. The van der Waals surface area contributed by atoms with Gasteiger partial charge in [-0.15, -0.1) is 0 Å². The topological polar surface area (TPSA) is 52.6 Å². The number of ether oxygens (including phenoxy) is 2. The van der Waals surface area contributed by atoms with E-state index >= 15 is 0 Å². The number of carbonyl (C=O) groups is 2. The maximum absolute atomic E-state index is 11.9. The smallest absolute Gasteiger partial charge is 0.311 e. The molecule has 0 saturated carbocycles. The summed E-state index contributed by atoms with van der Waals surface area (Å²) in [5, 5.41) is 0.800. The molecule has 7 heteroatoms. The van der Waals surface area contributed by atoms with Gasteiger partial charge in [0.1, 0.15) is 5.02 Å². The minimum Gasteiger partial charge on any atom is -0.466 e. The fourth-order valence-electron chi connectivity index (χ4n) is 2.81. The third-order valence-corrected chi connectivity index (χ3v) is 5.46. The van der Waals surface area contributed by atoms with Crippen LogP contribution in [0.15, 0.2) is 12.1 Å². The minimum atomic E-state index is -0.355. The molecule has 1 aromatic carbocycles. The molecular formula is C22H31Cl3O4. The summed E-state index contributed by atoms with van der Waals surface area (Å²) in [6.45, 7) is 2.70. The van der Waals surface area contributed by atoms with Gasteiger partial charge in [0.05, 0.1) is 11.6 Å². The highest BCUT2D eigenvalue weighted by Crippen LogP contribution is 2.35. The van der Waals surface area contributed by atoms with Crippen LogP contribution in [-0.2, 0) is 14.3 Å². The van der Waals surface area contributed by atoms with Crippen LogP contribution in [0.5, 0.6) is 5.75 Å². The van der Waals surface area contributed by atoms with Crippen molar-refractivity contribution in [1.29, 1.82) is 0 Å². The van der Waals surface area contributed by atoms with Crippen molar-refractivity contribution >= 4 is 46.7 Å². The molecule has 0 saturated heterocycles. The zero-order valence-electron chi connectivity index (χ0n) is 17.1. The van der Waals surface area contributed by atoms with Crippen LogP contribution in [0.25, 0.3) is 0 Å². The number of hydrogen-bond acceptors (Lipinski definition) is 4. The zero-order chi connectivity index (χ0) is 21.5. The Kier molecular flexibility index (Phi) is 14.2. The molecule has 4 nitrogen and oxygen atoms in total. The van der Waals surface area contributed by atoms with Gasteiger partial charge in [0.25, 0.3) is 0 Å². The Hall–Kier alpha value is -0.970. The third kappa shape index (κ3) is 12.3. The summed E-state index contributed by atoms with van der Waals surface area (Å²) in [4.78, 5) is 23.5. The number of unbranched alkanes of at least 4 members (excludes halogenated alkanes) is 8. The van der Waals surface area contributed by atoms with Gasteiger partial charge < -0.3 is 9.47 Å². The average Bonchev–Trinajstić information content (AvgIpc) is 2.67. The summed E-state index contributed by atoms with van der Waals surface area (Å²) in [5.74, 6) is -0.262. The van der Waals surface area contributed by atoms with E-state index in [0.29, 0.717) is 24.5 Å². The molecule has 0 bridgehead atoms.